The summed E-state index contributed by atoms with van der Waals surface area (Å²) in [6.07, 6.45) is 5.31. The molecule has 2 heterocycles. The SMILES string of the molecule is O=C1CC(N2CC3CCCCC3C2)C(=O)N1c1ccc(F)cc1. The van der Waals surface area contributed by atoms with Gasteiger partial charge in [-0.2, -0.15) is 0 Å². The van der Waals surface area contributed by atoms with E-state index in [0.717, 1.165) is 13.1 Å². The molecule has 0 aromatic heterocycles. The minimum Gasteiger partial charge on any atom is -0.291 e. The van der Waals surface area contributed by atoms with Crippen LogP contribution in [0.5, 0.6) is 0 Å². The quantitative estimate of drug-likeness (QED) is 0.788. The largest absolute Gasteiger partial charge is 0.291 e. The van der Waals surface area contributed by atoms with Crippen LogP contribution in [0.4, 0.5) is 10.1 Å². The first kappa shape index (κ1) is 14.8. The maximum Gasteiger partial charge on any atom is 0.251 e. The number of rotatable bonds is 2. The van der Waals surface area contributed by atoms with Gasteiger partial charge in [-0.15, -0.1) is 0 Å². The highest BCUT2D eigenvalue weighted by atomic mass is 19.1. The Kier molecular flexibility index (Phi) is 3.68. The summed E-state index contributed by atoms with van der Waals surface area (Å²) in [6, 6.07) is 5.23. The molecule has 1 aliphatic carbocycles. The zero-order chi connectivity index (χ0) is 16.0. The highest BCUT2D eigenvalue weighted by molar-refractivity contribution is 6.22. The molecule has 0 spiro atoms. The summed E-state index contributed by atoms with van der Waals surface area (Å²) in [5.74, 6) is 0.674. The minimum atomic E-state index is -0.368. The molecule has 3 aliphatic rings. The summed E-state index contributed by atoms with van der Waals surface area (Å²) < 4.78 is 13.1. The Labute approximate surface area is 135 Å². The number of nitrogens with zero attached hydrogens (tertiary/aromatic N) is 2. The van der Waals surface area contributed by atoms with E-state index in [9.17, 15) is 14.0 Å². The van der Waals surface area contributed by atoms with Gasteiger partial charge in [0.2, 0.25) is 5.91 Å². The third-order valence-electron chi connectivity index (χ3n) is 5.65. The van der Waals surface area contributed by atoms with E-state index in [1.165, 1.54) is 54.8 Å². The summed E-state index contributed by atoms with van der Waals surface area (Å²) in [7, 11) is 0. The van der Waals surface area contributed by atoms with Gasteiger partial charge in [0.1, 0.15) is 5.82 Å². The second-order valence-corrected chi connectivity index (χ2v) is 7.02. The van der Waals surface area contributed by atoms with Crippen LogP contribution < -0.4 is 4.90 Å². The lowest BCUT2D eigenvalue weighted by Gasteiger charge is -2.23. The molecule has 0 bridgehead atoms. The fourth-order valence-electron chi connectivity index (χ4n) is 4.46. The van der Waals surface area contributed by atoms with Crippen LogP contribution in [0.2, 0.25) is 0 Å². The van der Waals surface area contributed by atoms with Crippen LogP contribution in [0, 0.1) is 17.7 Å². The van der Waals surface area contributed by atoms with Gasteiger partial charge in [0.25, 0.3) is 5.91 Å². The number of likely N-dealkylation sites (tertiary alicyclic amines) is 1. The van der Waals surface area contributed by atoms with Crippen LogP contribution in [-0.4, -0.2) is 35.8 Å². The molecule has 3 atom stereocenters. The predicted molar refractivity (Wildman–Crippen MR) is 84.3 cm³/mol. The molecule has 4 nitrogen and oxygen atoms in total. The molecule has 1 saturated carbocycles. The Balaban J connectivity index is 1.52. The molecule has 2 aliphatic heterocycles. The van der Waals surface area contributed by atoms with Gasteiger partial charge in [-0.25, -0.2) is 9.29 Å². The highest BCUT2D eigenvalue weighted by Crippen LogP contribution is 2.38. The molecule has 0 radical (unpaired) electrons. The van der Waals surface area contributed by atoms with Crippen molar-refractivity contribution in [2.45, 2.75) is 38.1 Å². The van der Waals surface area contributed by atoms with E-state index in [1.807, 2.05) is 0 Å². The zero-order valence-electron chi connectivity index (χ0n) is 13.1. The first-order valence-electron chi connectivity index (χ1n) is 8.50. The van der Waals surface area contributed by atoms with Gasteiger partial charge in [0.05, 0.1) is 18.2 Å². The number of anilines is 1. The lowest BCUT2D eigenvalue weighted by Crippen LogP contribution is -2.41. The molecule has 122 valence electrons. The number of carbonyl (C=O) groups excluding carboxylic acids is 2. The third kappa shape index (κ3) is 2.57. The van der Waals surface area contributed by atoms with Crippen LogP contribution in [0.25, 0.3) is 0 Å². The second-order valence-electron chi connectivity index (χ2n) is 7.02. The van der Waals surface area contributed by atoms with Crippen molar-refractivity contribution >= 4 is 17.5 Å². The van der Waals surface area contributed by atoms with Crippen LogP contribution in [-0.2, 0) is 9.59 Å². The van der Waals surface area contributed by atoms with Crippen molar-refractivity contribution in [3.8, 4) is 0 Å². The van der Waals surface area contributed by atoms with E-state index in [1.54, 1.807) is 0 Å². The summed E-state index contributed by atoms with van der Waals surface area (Å²) >= 11 is 0. The van der Waals surface area contributed by atoms with E-state index < -0.39 is 0 Å². The van der Waals surface area contributed by atoms with E-state index in [4.69, 9.17) is 0 Å². The van der Waals surface area contributed by atoms with Crippen molar-refractivity contribution in [3.05, 3.63) is 30.1 Å². The standard InChI is InChI=1S/C18H21FN2O2/c19-14-5-7-15(8-6-14)21-17(22)9-16(18(21)23)20-10-12-3-1-2-4-13(12)11-20/h5-8,12-13,16H,1-4,9-11H2. The lowest BCUT2D eigenvalue weighted by molar-refractivity contribution is -0.122. The topological polar surface area (TPSA) is 40.6 Å². The van der Waals surface area contributed by atoms with Crippen LogP contribution in [0.15, 0.2) is 24.3 Å². The molecule has 3 unspecified atom stereocenters. The van der Waals surface area contributed by atoms with Crippen LogP contribution >= 0.6 is 0 Å². The molecule has 2 saturated heterocycles. The van der Waals surface area contributed by atoms with Crippen molar-refractivity contribution in [3.63, 3.8) is 0 Å². The summed E-state index contributed by atoms with van der Waals surface area (Å²) in [5.41, 5.74) is 0.473. The smallest absolute Gasteiger partial charge is 0.251 e. The first-order valence-corrected chi connectivity index (χ1v) is 8.50. The summed E-state index contributed by atoms with van der Waals surface area (Å²) in [6.45, 7) is 1.87. The van der Waals surface area contributed by atoms with Crippen molar-refractivity contribution < 1.29 is 14.0 Å². The molecule has 1 aromatic rings. The fourth-order valence-corrected chi connectivity index (χ4v) is 4.46. The zero-order valence-corrected chi connectivity index (χ0v) is 13.1. The summed E-state index contributed by atoms with van der Waals surface area (Å²) in [5, 5.41) is 0. The van der Waals surface area contributed by atoms with Gasteiger partial charge in [0, 0.05) is 13.1 Å². The Morgan fingerprint density at radius 1 is 0.957 bits per heavy atom. The molecule has 0 N–H and O–H groups in total. The number of imide groups is 1. The Morgan fingerprint density at radius 2 is 1.57 bits per heavy atom. The number of hydrogen-bond acceptors (Lipinski definition) is 3. The van der Waals surface area contributed by atoms with Crippen LogP contribution in [0.3, 0.4) is 0 Å². The number of halogens is 1. The normalized spacial score (nSPS) is 31.7. The highest BCUT2D eigenvalue weighted by Gasteiger charge is 2.46. The van der Waals surface area contributed by atoms with Crippen LogP contribution in [0.1, 0.15) is 32.1 Å². The Hall–Kier alpha value is -1.75. The minimum absolute atomic E-state index is 0.153. The Morgan fingerprint density at radius 3 is 2.17 bits per heavy atom. The first-order chi connectivity index (χ1) is 11.1. The average molecular weight is 316 g/mol. The number of amides is 2. The van der Waals surface area contributed by atoms with Gasteiger partial charge in [0.15, 0.2) is 0 Å². The van der Waals surface area contributed by atoms with E-state index >= 15 is 0 Å². The van der Waals surface area contributed by atoms with Gasteiger partial charge in [-0.1, -0.05) is 12.8 Å². The lowest BCUT2D eigenvalue weighted by atomic mass is 9.82. The predicted octanol–water partition coefficient (Wildman–Crippen LogP) is 2.58. The average Bonchev–Trinajstić information content (AvgIpc) is 3.09. The molecule has 23 heavy (non-hydrogen) atoms. The third-order valence-corrected chi connectivity index (χ3v) is 5.65. The molecular weight excluding hydrogens is 295 g/mol. The molecule has 1 aromatic carbocycles. The maximum absolute atomic E-state index is 13.1. The van der Waals surface area contributed by atoms with Gasteiger partial charge in [-0.05, 0) is 48.9 Å². The molecule has 2 amide bonds. The molecule has 3 fully saturated rings. The number of carbonyl (C=O) groups is 2. The van der Waals surface area contributed by atoms with Gasteiger partial charge >= 0.3 is 0 Å². The molecule has 5 heteroatoms. The number of fused-ring (bicyclic) bond motifs is 1. The fraction of sp³-hybridized carbons (Fsp3) is 0.556. The van der Waals surface area contributed by atoms with Crippen molar-refractivity contribution in [2.75, 3.05) is 18.0 Å². The molecular formula is C18H21FN2O2. The Bertz CT molecular complexity index is 616. The number of hydrogen-bond donors (Lipinski definition) is 0. The monoisotopic (exact) mass is 316 g/mol. The van der Waals surface area contributed by atoms with Gasteiger partial charge < -0.3 is 0 Å². The molecule has 4 rings (SSSR count). The summed E-state index contributed by atoms with van der Waals surface area (Å²) in [4.78, 5) is 28.5. The van der Waals surface area contributed by atoms with Crippen molar-refractivity contribution in [1.29, 1.82) is 0 Å². The van der Waals surface area contributed by atoms with E-state index in [0.29, 0.717) is 17.5 Å². The van der Waals surface area contributed by atoms with Crippen molar-refractivity contribution in [1.82, 2.24) is 4.90 Å². The van der Waals surface area contributed by atoms with E-state index in [2.05, 4.69) is 4.90 Å². The second kappa shape index (κ2) is 5.71. The van der Waals surface area contributed by atoms with Crippen molar-refractivity contribution in [2.24, 2.45) is 11.8 Å². The van der Waals surface area contributed by atoms with Gasteiger partial charge in [-0.3, -0.25) is 14.5 Å². The number of benzene rings is 1. The maximum atomic E-state index is 13.1. The van der Waals surface area contributed by atoms with E-state index in [-0.39, 0.29) is 30.1 Å².